The fourth-order valence-corrected chi connectivity index (χ4v) is 3.44. The highest BCUT2D eigenvalue weighted by molar-refractivity contribution is 8.00. The van der Waals surface area contributed by atoms with Crippen LogP contribution in [0.5, 0.6) is 0 Å². The Bertz CT molecular complexity index is 568. The van der Waals surface area contributed by atoms with Crippen LogP contribution in [0.2, 0.25) is 0 Å². The van der Waals surface area contributed by atoms with Gasteiger partial charge in [0, 0.05) is 10.6 Å². The van der Waals surface area contributed by atoms with Gasteiger partial charge >= 0.3 is 0 Å². The number of anilines is 2. The topological polar surface area (TPSA) is 84.2 Å². The number of nitrogens with two attached hydrogens (primary N) is 1. The van der Waals surface area contributed by atoms with Crippen molar-refractivity contribution in [2.75, 3.05) is 16.4 Å². The van der Waals surface area contributed by atoms with E-state index in [1.54, 1.807) is 6.07 Å². The lowest BCUT2D eigenvalue weighted by atomic mass is 9.98. The van der Waals surface area contributed by atoms with E-state index in [9.17, 15) is 9.59 Å². The average Bonchev–Trinajstić information content (AvgIpc) is 2.86. The maximum Gasteiger partial charge on any atom is 0.244 e. The first kappa shape index (κ1) is 13.5. The average molecular weight is 291 g/mol. The summed E-state index contributed by atoms with van der Waals surface area (Å²) >= 11 is 1.50. The van der Waals surface area contributed by atoms with Crippen molar-refractivity contribution >= 4 is 35.0 Å². The minimum atomic E-state index is -0.742. The Kier molecular flexibility index (Phi) is 3.43. The first-order valence-electron chi connectivity index (χ1n) is 6.74. The van der Waals surface area contributed by atoms with Crippen LogP contribution < -0.4 is 16.4 Å². The maximum atomic E-state index is 12.2. The van der Waals surface area contributed by atoms with Crippen molar-refractivity contribution in [3.8, 4) is 0 Å². The Balaban J connectivity index is 1.76. The normalized spacial score (nSPS) is 20.1. The zero-order valence-corrected chi connectivity index (χ0v) is 11.9. The van der Waals surface area contributed by atoms with Crippen molar-refractivity contribution in [3.05, 3.63) is 18.2 Å². The van der Waals surface area contributed by atoms with Gasteiger partial charge in [0.1, 0.15) is 0 Å². The Morgan fingerprint density at radius 3 is 2.85 bits per heavy atom. The Labute approximate surface area is 121 Å². The van der Waals surface area contributed by atoms with Gasteiger partial charge in [-0.3, -0.25) is 9.59 Å². The summed E-state index contributed by atoms with van der Waals surface area (Å²) in [6.45, 7) is 0. The highest BCUT2D eigenvalue weighted by Crippen LogP contribution is 2.34. The monoisotopic (exact) mass is 291 g/mol. The standard InChI is InChI=1S/C14H17N3O2S/c15-14(5-1-2-6-14)13(19)16-9-3-4-11-10(7-9)17-12(18)8-20-11/h3-4,7H,1-2,5-6,8,15H2,(H,16,19)(H,17,18). The van der Waals surface area contributed by atoms with Crippen LogP contribution in [0, 0.1) is 0 Å². The molecule has 0 unspecified atom stereocenters. The summed E-state index contributed by atoms with van der Waals surface area (Å²) in [4.78, 5) is 24.6. The van der Waals surface area contributed by atoms with Crippen LogP contribution in [0.1, 0.15) is 25.7 Å². The predicted octanol–water partition coefficient (Wildman–Crippen LogP) is 1.94. The molecule has 0 bridgehead atoms. The number of thioether (sulfide) groups is 1. The van der Waals surface area contributed by atoms with E-state index in [0.717, 1.165) is 36.3 Å². The second kappa shape index (κ2) is 5.10. The summed E-state index contributed by atoms with van der Waals surface area (Å²) < 4.78 is 0. The largest absolute Gasteiger partial charge is 0.324 e. The van der Waals surface area contributed by atoms with Crippen molar-refractivity contribution in [3.63, 3.8) is 0 Å². The molecular formula is C14H17N3O2S. The Hall–Kier alpha value is -1.53. The highest BCUT2D eigenvalue weighted by atomic mass is 32.2. The Morgan fingerprint density at radius 2 is 2.10 bits per heavy atom. The molecule has 0 atom stereocenters. The van der Waals surface area contributed by atoms with E-state index in [1.165, 1.54) is 11.8 Å². The maximum absolute atomic E-state index is 12.2. The van der Waals surface area contributed by atoms with Gasteiger partial charge in [-0.05, 0) is 31.0 Å². The van der Waals surface area contributed by atoms with Crippen molar-refractivity contribution < 1.29 is 9.59 Å². The molecule has 4 N–H and O–H groups in total. The van der Waals surface area contributed by atoms with Gasteiger partial charge in [-0.1, -0.05) is 12.8 Å². The van der Waals surface area contributed by atoms with Crippen LogP contribution in [-0.4, -0.2) is 23.1 Å². The first-order valence-corrected chi connectivity index (χ1v) is 7.72. The lowest BCUT2D eigenvalue weighted by molar-refractivity contribution is -0.121. The van der Waals surface area contributed by atoms with E-state index >= 15 is 0 Å². The molecule has 1 aliphatic heterocycles. The molecule has 1 aromatic rings. The van der Waals surface area contributed by atoms with Gasteiger partial charge in [-0.2, -0.15) is 0 Å². The van der Waals surface area contributed by atoms with Crippen molar-refractivity contribution in [1.29, 1.82) is 0 Å². The van der Waals surface area contributed by atoms with Gasteiger partial charge in [0.2, 0.25) is 11.8 Å². The minimum Gasteiger partial charge on any atom is -0.324 e. The Morgan fingerprint density at radius 1 is 1.35 bits per heavy atom. The molecule has 1 heterocycles. The van der Waals surface area contributed by atoms with Crippen LogP contribution in [-0.2, 0) is 9.59 Å². The summed E-state index contributed by atoms with van der Waals surface area (Å²) in [5.74, 6) is 0.284. The lowest BCUT2D eigenvalue weighted by Crippen LogP contribution is -2.48. The van der Waals surface area contributed by atoms with Crippen LogP contribution in [0.15, 0.2) is 23.1 Å². The molecule has 1 fully saturated rings. The molecular weight excluding hydrogens is 274 g/mol. The van der Waals surface area contributed by atoms with E-state index in [1.807, 2.05) is 12.1 Å². The van der Waals surface area contributed by atoms with Crippen molar-refractivity contribution in [2.45, 2.75) is 36.1 Å². The van der Waals surface area contributed by atoms with Gasteiger partial charge < -0.3 is 16.4 Å². The fraction of sp³-hybridized carbons (Fsp3) is 0.429. The van der Waals surface area contributed by atoms with Crippen LogP contribution in [0.3, 0.4) is 0 Å². The molecule has 106 valence electrons. The number of rotatable bonds is 2. The number of nitrogens with one attached hydrogen (secondary N) is 2. The molecule has 2 amide bonds. The van der Waals surface area contributed by atoms with E-state index in [2.05, 4.69) is 10.6 Å². The third-order valence-corrected chi connectivity index (χ3v) is 4.89. The zero-order valence-electron chi connectivity index (χ0n) is 11.1. The third-order valence-electron chi connectivity index (χ3n) is 3.82. The highest BCUT2D eigenvalue weighted by Gasteiger charge is 2.37. The molecule has 0 spiro atoms. The minimum absolute atomic E-state index is 0.0166. The fourth-order valence-electron chi connectivity index (χ4n) is 2.65. The smallest absolute Gasteiger partial charge is 0.244 e. The zero-order chi connectivity index (χ0) is 14.2. The van der Waals surface area contributed by atoms with Crippen molar-refractivity contribution in [1.82, 2.24) is 0 Å². The summed E-state index contributed by atoms with van der Waals surface area (Å²) in [6.07, 6.45) is 3.47. The number of fused-ring (bicyclic) bond motifs is 1. The number of carbonyl (C=O) groups excluding carboxylic acids is 2. The molecule has 2 aliphatic rings. The molecule has 0 radical (unpaired) electrons. The van der Waals surface area contributed by atoms with E-state index in [0.29, 0.717) is 11.4 Å². The molecule has 20 heavy (non-hydrogen) atoms. The molecule has 1 aromatic carbocycles. The molecule has 0 saturated heterocycles. The number of benzene rings is 1. The first-order chi connectivity index (χ1) is 9.57. The summed E-state index contributed by atoms with van der Waals surface area (Å²) in [5.41, 5.74) is 6.81. The van der Waals surface area contributed by atoms with Gasteiger partial charge in [0.25, 0.3) is 0 Å². The molecule has 1 aliphatic carbocycles. The third kappa shape index (κ3) is 2.53. The van der Waals surface area contributed by atoms with Crippen LogP contribution >= 0.6 is 11.8 Å². The van der Waals surface area contributed by atoms with Gasteiger partial charge in [0.15, 0.2) is 0 Å². The van der Waals surface area contributed by atoms with E-state index in [4.69, 9.17) is 5.73 Å². The van der Waals surface area contributed by atoms with Crippen LogP contribution in [0.4, 0.5) is 11.4 Å². The SMILES string of the molecule is NC1(C(=O)Nc2ccc3c(c2)NC(=O)CS3)CCCC1. The summed E-state index contributed by atoms with van der Waals surface area (Å²) in [7, 11) is 0. The quantitative estimate of drug-likeness (QED) is 0.777. The number of hydrogen-bond donors (Lipinski definition) is 3. The molecule has 1 saturated carbocycles. The van der Waals surface area contributed by atoms with E-state index in [-0.39, 0.29) is 11.8 Å². The van der Waals surface area contributed by atoms with Gasteiger partial charge in [0.05, 0.1) is 17.0 Å². The predicted molar refractivity (Wildman–Crippen MR) is 79.8 cm³/mol. The van der Waals surface area contributed by atoms with Gasteiger partial charge in [-0.25, -0.2) is 0 Å². The molecule has 3 rings (SSSR count). The van der Waals surface area contributed by atoms with Crippen molar-refractivity contribution in [2.24, 2.45) is 5.73 Å². The van der Waals surface area contributed by atoms with E-state index < -0.39 is 5.54 Å². The number of amides is 2. The lowest BCUT2D eigenvalue weighted by Gasteiger charge is -2.23. The molecule has 6 heteroatoms. The van der Waals surface area contributed by atoms with Gasteiger partial charge in [-0.15, -0.1) is 11.8 Å². The number of hydrogen-bond acceptors (Lipinski definition) is 4. The summed E-state index contributed by atoms with van der Waals surface area (Å²) in [5, 5.41) is 5.68. The number of carbonyl (C=O) groups is 2. The second-order valence-electron chi connectivity index (χ2n) is 5.37. The van der Waals surface area contributed by atoms with Crippen LogP contribution in [0.25, 0.3) is 0 Å². The summed E-state index contributed by atoms with van der Waals surface area (Å²) in [6, 6.07) is 5.54. The molecule has 5 nitrogen and oxygen atoms in total. The molecule has 0 aromatic heterocycles. The second-order valence-corrected chi connectivity index (χ2v) is 6.38.